The van der Waals surface area contributed by atoms with Crippen molar-refractivity contribution in [1.29, 1.82) is 0 Å². The Morgan fingerprint density at radius 2 is 1.75 bits per heavy atom. The quantitative estimate of drug-likeness (QED) is 0.211. The van der Waals surface area contributed by atoms with Gasteiger partial charge >= 0.3 is 23.5 Å². The Labute approximate surface area is 177 Å². The third-order valence-corrected chi connectivity index (χ3v) is 7.99. The molecule has 0 amide bonds. The first-order valence-corrected chi connectivity index (χ1v) is 12.9. The largest absolute Gasteiger partial charge is 0.490 e. The van der Waals surface area contributed by atoms with Gasteiger partial charge in [0.05, 0.1) is 17.9 Å². The lowest BCUT2D eigenvalue weighted by Gasteiger charge is -2.19. The highest BCUT2D eigenvalue weighted by Crippen LogP contribution is 2.66. The summed E-state index contributed by atoms with van der Waals surface area (Å²) in [6.45, 7) is 0.520. The van der Waals surface area contributed by atoms with Crippen molar-refractivity contribution >= 4 is 23.5 Å². The SMILES string of the molecule is Cc1[nH]oc2ncc([C@H]3O[C@H](COP(=O)(O)OP(=O)(O)OP(=O)(O)O)[C@@H](O)[C@H]3O)c(=O)c1-2. The number of aliphatic hydroxyl groups excluding tert-OH is 2. The number of phosphoric ester groups is 1. The van der Waals surface area contributed by atoms with Gasteiger partial charge in [0.15, 0.2) is 0 Å². The summed E-state index contributed by atoms with van der Waals surface area (Å²) >= 11 is 0. The molecule has 3 rings (SSSR count). The molecule has 6 atom stereocenters. The molecule has 20 heteroatoms. The van der Waals surface area contributed by atoms with Gasteiger partial charge in [-0.25, -0.2) is 23.8 Å². The lowest BCUT2D eigenvalue weighted by atomic mass is 10.0. The smallest absolute Gasteiger partial charge is 0.387 e. The number of nitrogens with one attached hydrogen (secondary N) is 1. The highest BCUT2D eigenvalue weighted by molar-refractivity contribution is 7.66. The summed E-state index contributed by atoms with van der Waals surface area (Å²) in [4.78, 5) is 52.2. The third-order valence-electron chi connectivity index (χ3n) is 4.19. The van der Waals surface area contributed by atoms with E-state index in [4.69, 9.17) is 23.9 Å². The maximum absolute atomic E-state index is 12.7. The Bertz CT molecular complexity index is 1150. The molecule has 0 bridgehead atoms. The molecule has 0 aliphatic carbocycles. The Morgan fingerprint density at radius 3 is 2.38 bits per heavy atom. The number of rotatable bonds is 8. The van der Waals surface area contributed by atoms with Crippen LogP contribution in [-0.2, 0) is 31.6 Å². The number of aromatic amines is 1. The molecule has 3 aliphatic rings. The molecule has 7 N–H and O–H groups in total. The number of nitrogens with zero attached hydrogens (tertiary/aromatic N) is 1. The average Bonchev–Trinajstić information content (AvgIpc) is 3.12. The van der Waals surface area contributed by atoms with Gasteiger partial charge in [-0.15, -0.1) is 0 Å². The van der Waals surface area contributed by atoms with Crippen LogP contribution in [0.4, 0.5) is 0 Å². The summed E-state index contributed by atoms with van der Waals surface area (Å²) in [6.07, 6.45) is -5.37. The number of aliphatic hydroxyl groups is 2. The van der Waals surface area contributed by atoms with E-state index in [0.29, 0.717) is 5.69 Å². The number of H-pyrrole nitrogens is 1. The summed E-state index contributed by atoms with van der Waals surface area (Å²) in [5.41, 5.74) is -0.369. The van der Waals surface area contributed by atoms with Crippen LogP contribution in [0.25, 0.3) is 11.5 Å². The topological polar surface area (TPSA) is 268 Å². The first kappa shape index (κ1) is 25.3. The van der Waals surface area contributed by atoms with E-state index in [-0.39, 0.29) is 17.0 Å². The van der Waals surface area contributed by atoms with Crippen LogP contribution in [0.15, 0.2) is 15.5 Å². The van der Waals surface area contributed by atoms with Gasteiger partial charge < -0.3 is 39.0 Å². The zero-order valence-corrected chi connectivity index (χ0v) is 18.4. The van der Waals surface area contributed by atoms with Crippen LogP contribution in [-0.4, -0.2) is 64.8 Å². The number of hydrogen-bond acceptors (Lipinski definition) is 12. The zero-order chi connectivity index (χ0) is 24.1. The molecule has 0 spiro atoms. The number of fused-ring (bicyclic) bond motifs is 1. The predicted octanol–water partition coefficient (Wildman–Crippen LogP) is -0.719. The molecule has 0 saturated carbocycles. The number of ether oxygens (including phenoxy) is 1. The van der Waals surface area contributed by atoms with E-state index in [2.05, 4.69) is 23.3 Å². The highest BCUT2D eigenvalue weighted by atomic mass is 31.3. The maximum atomic E-state index is 12.7. The molecule has 2 unspecified atom stereocenters. The number of aryl methyl sites for hydroxylation is 1. The van der Waals surface area contributed by atoms with Crippen molar-refractivity contribution < 1.29 is 65.9 Å². The maximum Gasteiger partial charge on any atom is 0.490 e. The Morgan fingerprint density at radius 1 is 1.09 bits per heavy atom. The van der Waals surface area contributed by atoms with Crippen molar-refractivity contribution in [2.45, 2.75) is 31.3 Å². The zero-order valence-electron chi connectivity index (χ0n) is 15.7. The van der Waals surface area contributed by atoms with Crippen LogP contribution < -0.4 is 5.43 Å². The fourth-order valence-corrected chi connectivity index (χ4v) is 5.92. The van der Waals surface area contributed by atoms with Gasteiger partial charge in [0.1, 0.15) is 30.0 Å². The summed E-state index contributed by atoms with van der Waals surface area (Å²) in [6, 6.07) is 0. The van der Waals surface area contributed by atoms with Gasteiger partial charge in [-0.1, -0.05) is 0 Å². The summed E-state index contributed by atoms with van der Waals surface area (Å²) < 4.78 is 55.6. The van der Waals surface area contributed by atoms with Crippen LogP contribution >= 0.6 is 23.5 Å². The van der Waals surface area contributed by atoms with Gasteiger partial charge in [0.2, 0.25) is 5.43 Å². The van der Waals surface area contributed by atoms with E-state index in [9.17, 15) is 33.6 Å². The van der Waals surface area contributed by atoms with Gasteiger partial charge in [0.25, 0.3) is 5.89 Å². The van der Waals surface area contributed by atoms with Crippen molar-refractivity contribution in [3.8, 4) is 11.5 Å². The lowest BCUT2D eigenvalue weighted by Crippen LogP contribution is -2.33. The predicted molar refractivity (Wildman–Crippen MR) is 97.9 cm³/mol. The molecule has 0 aromatic heterocycles. The van der Waals surface area contributed by atoms with Crippen molar-refractivity contribution in [3.05, 3.63) is 27.7 Å². The van der Waals surface area contributed by atoms with Crippen LogP contribution in [0.2, 0.25) is 0 Å². The standard InChI is InChI=1S/C12H17N2O15P3/c1-4-7-8(15)5(2-13-12(7)27-14-4)11-10(17)9(16)6(26-11)3-25-31(21,22)29-32(23,24)28-30(18,19)20/h2,6,9-11,14,16-17H,3H2,1H3,(H,21,22)(H,23,24)(H2,18,19,20)/t6-,9-,10-,11-/m1/s1. The minimum absolute atomic E-state index is 0.00602. The Hall–Kier alpha value is -1.29. The number of pyridine rings is 1. The van der Waals surface area contributed by atoms with Crippen molar-refractivity contribution in [2.75, 3.05) is 6.61 Å². The molecule has 1 fully saturated rings. The van der Waals surface area contributed by atoms with Crippen LogP contribution in [0, 0.1) is 6.92 Å². The van der Waals surface area contributed by atoms with E-state index < -0.39 is 59.9 Å². The van der Waals surface area contributed by atoms with E-state index in [0.717, 1.165) is 6.20 Å². The molecule has 0 radical (unpaired) electrons. The second-order valence-corrected chi connectivity index (χ2v) is 10.9. The molecule has 0 aromatic carbocycles. The second kappa shape index (κ2) is 8.81. The average molecular weight is 522 g/mol. The molecular weight excluding hydrogens is 505 g/mol. The first-order chi connectivity index (χ1) is 14.6. The number of aromatic nitrogens is 2. The molecule has 32 heavy (non-hydrogen) atoms. The van der Waals surface area contributed by atoms with Crippen LogP contribution in [0.5, 0.6) is 0 Å². The highest BCUT2D eigenvalue weighted by Gasteiger charge is 2.47. The van der Waals surface area contributed by atoms with E-state index in [1.165, 1.54) is 6.92 Å². The first-order valence-electron chi connectivity index (χ1n) is 8.37. The summed E-state index contributed by atoms with van der Waals surface area (Å²) in [7, 11) is -16.8. The van der Waals surface area contributed by atoms with E-state index in [1.807, 2.05) is 0 Å². The molecule has 3 aliphatic heterocycles. The van der Waals surface area contributed by atoms with Gasteiger partial charge in [-0.2, -0.15) is 8.62 Å². The van der Waals surface area contributed by atoms with Crippen LogP contribution in [0.1, 0.15) is 17.4 Å². The Balaban J connectivity index is 1.72. The van der Waals surface area contributed by atoms with Crippen molar-refractivity contribution in [2.24, 2.45) is 0 Å². The number of hydrogen-bond donors (Lipinski definition) is 7. The molecule has 3 heterocycles. The second-order valence-electron chi connectivity index (χ2n) is 6.52. The molecule has 180 valence electrons. The fourth-order valence-electron chi connectivity index (χ4n) is 2.89. The third kappa shape index (κ3) is 5.61. The summed E-state index contributed by atoms with van der Waals surface area (Å²) in [5.74, 6) is -0.00602. The van der Waals surface area contributed by atoms with E-state index in [1.54, 1.807) is 0 Å². The van der Waals surface area contributed by atoms with Crippen LogP contribution in [0.3, 0.4) is 0 Å². The normalized spacial score (nSPS) is 28.0. The van der Waals surface area contributed by atoms with Crippen molar-refractivity contribution in [1.82, 2.24) is 10.1 Å². The van der Waals surface area contributed by atoms with Gasteiger partial charge in [0, 0.05) is 6.20 Å². The van der Waals surface area contributed by atoms with Gasteiger partial charge in [-0.3, -0.25) is 9.32 Å². The number of phosphoric acid groups is 3. The fraction of sp³-hybridized carbons (Fsp3) is 0.500. The van der Waals surface area contributed by atoms with Crippen molar-refractivity contribution in [3.63, 3.8) is 0 Å². The Kier molecular flexibility index (Phi) is 6.98. The molecule has 1 saturated heterocycles. The minimum atomic E-state index is -5.73. The lowest BCUT2D eigenvalue weighted by molar-refractivity contribution is -0.0226. The monoisotopic (exact) mass is 522 g/mol. The summed E-state index contributed by atoms with van der Waals surface area (Å²) in [5, 5.41) is 22.9. The van der Waals surface area contributed by atoms with E-state index >= 15 is 0 Å². The minimum Gasteiger partial charge on any atom is -0.387 e. The molecule has 0 aromatic rings. The van der Waals surface area contributed by atoms with Gasteiger partial charge in [-0.05, 0) is 6.92 Å². The molecule has 17 nitrogen and oxygen atoms in total. The molecular formula is C12H17N2O15P3.